The first-order valence-electron chi connectivity index (χ1n) is 8.94. The molecular weight excluding hydrogens is 354 g/mol. The Morgan fingerprint density at radius 2 is 2.08 bits per heavy atom. The number of rotatable bonds is 7. The minimum Gasteiger partial charge on any atom is -0.465 e. The molecule has 2 aliphatic carbocycles. The van der Waals surface area contributed by atoms with Crippen molar-refractivity contribution in [3.05, 3.63) is 23.8 Å². The van der Waals surface area contributed by atoms with Gasteiger partial charge in [0.1, 0.15) is 6.10 Å². The molecule has 2 aliphatic rings. The third kappa shape index (κ3) is 5.44. The first kappa shape index (κ1) is 20.7. The Hall–Kier alpha value is -1.61. The van der Waals surface area contributed by atoms with Gasteiger partial charge in [-0.3, -0.25) is 10.2 Å². The first-order valence-corrected chi connectivity index (χ1v) is 9.35. The zero-order valence-corrected chi connectivity index (χ0v) is 15.8. The van der Waals surface area contributed by atoms with E-state index in [1.807, 2.05) is 0 Å². The molecular formula is C18H27N3O4S. The lowest BCUT2D eigenvalue weighted by Crippen LogP contribution is -2.55. The van der Waals surface area contributed by atoms with Crippen LogP contribution in [0.3, 0.4) is 0 Å². The van der Waals surface area contributed by atoms with Crippen LogP contribution in [0.5, 0.6) is 0 Å². The second kappa shape index (κ2) is 9.91. The minimum absolute atomic E-state index is 0.256. The largest absolute Gasteiger partial charge is 0.465 e. The van der Waals surface area contributed by atoms with Crippen molar-refractivity contribution in [2.45, 2.75) is 56.7 Å². The summed E-state index contributed by atoms with van der Waals surface area (Å²) >= 11 is 5.25. The van der Waals surface area contributed by atoms with Crippen molar-refractivity contribution in [3.63, 3.8) is 0 Å². The zero-order chi connectivity index (χ0) is 19.1. The second-order valence-corrected chi connectivity index (χ2v) is 7.22. The number of aliphatic hydroxyl groups excluding tert-OH is 1. The number of esters is 1. The van der Waals surface area contributed by atoms with Gasteiger partial charge >= 0.3 is 5.97 Å². The van der Waals surface area contributed by atoms with E-state index in [0.29, 0.717) is 17.2 Å². The molecule has 1 amide bonds. The molecule has 0 heterocycles. The van der Waals surface area contributed by atoms with E-state index in [9.17, 15) is 14.7 Å². The number of ether oxygens (including phenoxy) is 1. The lowest BCUT2D eigenvalue weighted by Gasteiger charge is -2.27. The average molecular weight is 381 g/mol. The Morgan fingerprint density at radius 1 is 1.38 bits per heavy atom. The number of nitrogens with two attached hydrogens (primary N) is 1. The number of hydrazine groups is 1. The predicted octanol–water partition coefficient (Wildman–Crippen LogP) is 0.674. The highest BCUT2D eigenvalue weighted by atomic mass is 32.1. The number of thiocarbonyl (C=S) groups is 1. The fourth-order valence-electron chi connectivity index (χ4n) is 3.35. The van der Waals surface area contributed by atoms with Gasteiger partial charge in [0, 0.05) is 6.04 Å². The fourth-order valence-corrected chi connectivity index (χ4v) is 3.63. The molecule has 26 heavy (non-hydrogen) atoms. The summed E-state index contributed by atoms with van der Waals surface area (Å²) in [6, 6.07) is -1.16. The molecule has 0 spiro atoms. The summed E-state index contributed by atoms with van der Waals surface area (Å²) in [6.07, 6.45) is 10.0. The number of amides is 1. The standard InChI is InChI=1S/C18H27N3O4S/c1-25-18(24)12-8-5-9-14(16(12)26)20-21-17(23)15(22)13(19)10-11-6-3-2-4-7-11/h5,8-9,11,13-15,20,22H,2-4,6-7,10,19H2,1H3,(H,21,23)/t13-,14?,15?/m1/s1. The van der Waals surface area contributed by atoms with Gasteiger partial charge in [-0.15, -0.1) is 0 Å². The van der Waals surface area contributed by atoms with Crippen LogP contribution in [0.4, 0.5) is 0 Å². The summed E-state index contributed by atoms with van der Waals surface area (Å²) in [7, 11) is 1.28. The summed E-state index contributed by atoms with van der Waals surface area (Å²) in [5, 5.41) is 10.2. The van der Waals surface area contributed by atoms with Gasteiger partial charge < -0.3 is 15.6 Å². The average Bonchev–Trinajstić information content (AvgIpc) is 2.66. The lowest BCUT2D eigenvalue weighted by molar-refractivity contribution is -0.135. The third-order valence-electron chi connectivity index (χ3n) is 4.87. The van der Waals surface area contributed by atoms with E-state index >= 15 is 0 Å². The Bertz CT molecular complexity index is 599. The van der Waals surface area contributed by atoms with Crippen molar-refractivity contribution in [2.75, 3.05) is 7.11 Å². The van der Waals surface area contributed by atoms with E-state index in [1.165, 1.54) is 26.4 Å². The normalized spacial score (nSPS) is 23.1. The molecule has 0 aromatic heterocycles. The van der Waals surface area contributed by atoms with E-state index in [1.54, 1.807) is 18.2 Å². The number of methoxy groups -OCH3 is 1. The van der Waals surface area contributed by atoms with Crippen LogP contribution in [-0.4, -0.2) is 47.1 Å². The van der Waals surface area contributed by atoms with E-state index in [2.05, 4.69) is 15.6 Å². The number of aliphatic hydroxyl groups is 1. The monoisotopic (exact) mass is 381 g/mol. The van der Waals surface area contributed by atoms with Crippen molar-refractivity contribution < 1.29 is 19.4 Å². The van der Waals surface area contributed by atoms with Crippen LogP contribution in [-0.2, 0) is 14.3 Å². The molecule has 144 valence electrons. The maximum Gasteiger partial charge on any atom is 0.339 e. The van der Waals surface area contributed by atoms with Gasteiger partial charge in [-0.05, 0) is 18.4 Å². The molecule has 1 saturated carbocycles. The topological polar surface area (TPSA) is 114 Å². The van der Waals surface area contributed by atoms with Crippen LogP contribution in [0.15, 0.2) is 23.8 Å². The van der Waals surface area contributed by atoms with Gasteiger partial charge in [-0.2, -0.15) is 0 Å². The van der Waals surface area contributed by atoms with Crippen LogP contribution in [0.1, 0.15) is 38.5 Å². The quantitative estimate of drug-likeness (QED) is 0.291. The Balaban J connectivity index is 1.81. The van der Waals surface area contributed by atoms with Gasteiger partial charge in [0.25, 0.3) is 5.91 Å². The molecule has 2 rings (SSSR count). The van der Waals surface area contributed by atoms with Gasteiger partial charge in [-0.1, -0.05) is 56.5 Å². The number of carbonyl (C=O) groups is 2. The molecule has 2 unspecified atom stereocenters. The summed E-state index contributed by atoms with van der Waals surface area (Å²) in [6.45, 7) is 0. The Labute approximate surface area is 159 Å². The molecule has 7 nitrogen and oxygen atoms in total. The molecule has 0 radical (unpaired) electrons. The number of hydrogen-bond donors (Lipinski definition) is 4. The maximum absolute atomic E-state index is 12.2. The molecule has 0 saturated heterocycles. The van der Waals surface area contributed by atoms with E-state index in [-0.39, 0.29) is 5.57 Å². The van der Waals surface area contributed by atoms with Crippen molar-refractivity contribution in [1.82, 2.24) is 10.9 Å². The van der Waals surface area contributed by atoms with Crippen molar-refractivity contribution in [3.8, 4) is 0 Å². The van der Waals surface area contributed by atoms with Crippen LogP contribution in [0.25, 0.3) is 0 Å². The van der Waals surface area contributed by atoms with Crippen LogP contribution in [0, 0.1) is 5.92 Å². The number of carbonyl (C=O) groups excluding carboxylic acids is 2. The van der Waals surface area contributed by atoms with Crippen LogP contribution in [0.2, 0.25) is 0 Å². The maximum atomic E-state index is 12.2. The number of nitrogens with one attached hydrogen (secondary N) is 2. The minimum atomic E-state index is -1.30. The fraction of sp³-hybridized carbons (Fsp3) is 0.611. The van der Waals surface area contributed by atoms with E-state index in [4.69, 9.17) is 18.0 Å². The lowest BCUT2D eigenvalue weighted by atomic mass is 9.84. The highest BCUT2D eigenvalue weighted by Crippen LogP contribution is 2.27. The Kier molecular flexibility index (Phi) is 7.89. The van der Waals surface area contributed by atoms with Gasteiger partial charge in [0.2, 0.25) is 0 Å². The van der Waals surface area contributed by atoms with E-state index < -0.39 is 30.1 Å². The van der Waals surface area contributed by atoms with E-state index in [0.717, 1.165) is 12.8 Å². The van der Waals surface area contributed by atoms with Crippen LogP contribution < -0.4 is 16.6 Å². The van der Waals surface area contributed by atoms with Crippen molar-refractivity contribution in [2.24, 2.45) is 11.7 Å². The molecule has 0 aliphatic heterocycles. The first-order chi connectivity index (χ1) is 12.4. The summed E-state index contributed by atoms with van der Waals surface area (Å²) < 4.78 is 4.68. The number of allylic oxidation sites excluding steroid dienone is 2. The highest BCUT2D eigenvalue weighted by molar-refractivity contribution is 7.81. The molecule has 0 aromatic rings. The van der Waals surface area contributed by atoms with Gasteiger partial charge in [0.05, 0.1) is 23.6 Å². The van der Waals surface area contributed by atoms with Crippen LogP contribution >= 0.6 is 12.2 Å². The molecule has 0 bridgehead atoms. The predicted molar refractivity (Wildman–Crippen MR) is 102 cm³/mol. The zero-order valence-electron chi connectivity index (χ0n) is 14.9. The number of hydrogen-bond acceptors (Lipinski definition) is 7. The highest BCUT2D eigenvalue weighted by Gasteiger charge is 2.28. The smallest absolute Gasteiger partial charge is 0.339 e. The molecule has 8 heteroatoms. The SMILES string of the molecule is COC(=O)C1=CC=CC(NNC(=O)C(O)[C@H](N)CC2CCCCC2)C1=S. The molecule has 5 N–H and O–H groups in total. The van der Waals surface area contributed by atoms with Crippen molar-refractivity contribution in [1.29, 1.82) is 0 Å². The van der Waals surface area contributed by atoms with Crippen molar-refractivity contribution >= 4 is 29.0 Å². The summed E-state index contributed by atoms with van der Waals surface area (Å²) in [5.41, 5.74) is 11.4. The van der Waals surface area contributed by atoms with Gasteiger partial charge in [0.15, 0.2) is 0 Å². The van der Waals surface area contributed by atoms with Gasteiger partial charge in [-0.25, -0.2) is 10.2 Å². The third-order valence-corrected chi connectivity index (χ3v) is 5.35. The summed E-state index contributed by atoms with van der Waals surface area (Å²) in [4.78, 5) is 24.1. The molecule has 1 fully saturated rings. The molecule has 3 atom stereocenters. The second-order valence-electron chi connectivity index (χ2n) is 6.78. The molecule has 0 aromatic carbocycles. The Morgan fingerprint density at radius 3 is 2.73 bits per heavy atom. The summed E-state index contributed by atoms with van der Waals surface area (Å²) in [5.74, 6) is -0.679.